The molecule has 4 nitrogen and oxygen atoms in total. The lowest BCUT2D eigenvalue weighted by Gasteiger charge is -2.45. The molecule has 0 fully saturated rings. The Balaban J connectivity index is 1.61. The highest BCUT2D eigenvalue weighted by atomic mass is 19.2. The molecule has 0 amide bonds. The average molecular weight is 1190 g/mol. The van der Waals surface area contributed by atoms with Gasteiger partial charge in [-0.15, -0.1) is 21.9 Å². The Morgan fingerprint density at radius 2 is 0.388 bits per heavy atom. The molecular weight excluding hydrogens is 1150 g/mol. The predicted molar refractivity (Wildman–Crippen MR) is 288 cm³/mol. The van der Waals surface area contributed by atoms with Crippen molar-refractivity contribution in [2.75, 3.05) is 0 Å². The summed E-state index contributed by atoms with van der Waals surface area (Å²) in [6.07, 6.45) is -6.32. The summed E-state index contributed by atoms with van der Waals surface area (Å²) in [5, 5.41) is 0. The van der Waals surface area contributed by atoms with Gasteiger partial charge in [0.1, 0.15) is 52.7 Å². The summed E-state index contributed by atoms with van der Waals surface area (Å²) in [4.78, 5) is 50.6. The monoisotopic (exact) mass is 1190 g/mol. The van der Waals surface area contributed by atoms with E-state index in [-0.39, 0.29) is 73.6 Å². The van der Waals surface area contributed by atoms with Crippen LogP contribution in [0.5, 0.6) is 0 Å². The van der Waals surface area contributed by atoms with Gasteiger partial charge in [0.2, 0.25) is 0 Å². The number of hydrogen-bond acceptors (Lipinski definition) is 4. The van der Waals surface area contributed by atoms with Crippen molar-refractivity contribution in [2.24, 2.45) is 0 Å². The van der Waals surface area contributed by atoms with Gasteiger partial charge < -0.3 is 0 Å². The first-order valence-electron chi connectivity index (χ1n) is 26.5. The van der Waals surface area contributed by atoms with Crippen LogP contribution >= 0.6 is 0 Å². The number of ketones is 4. The molecule has 8 aromatic rings. The maximum Gasteiger partial charge on any atom is 0.166 e. The fourth-order valence-electron chi connectivity index (χ4n) is 10.8. The van der Waals surface area contributed by atoms with E-state index >= 15 is 70.2 Å². The van der Waals surface area contributed by atoms with Crippen molar-refractivity contribution in [3.05, 3.63) is 212 Å². The fourth-order valence-corrected chi connectivity index (χ4v) is 10.8. The highest BCUT2D eigenvalue weighted by molar-refractivity contribution is 7.20. The van der Waals surface area contributed by atoms with Crippen LogP contribution in [0.25, 0.3) is 44.5 Å². The number of carbonyl (C=O) groups is 4. The van der Waals surface area contributed by atoms with Gasteiger partial charge in [0.15, 0.2) is 69.7 Å². The number of hydrogen-bond donors (Lipinski definition) is 0. The number of rotatable bonds is 20. The summed E-state index contributed by atoms with van der Waals surface area (Å²) in [6, 6.07) is 12.6. The number of carbonyl (C=O) groups excluding carboxylic acids is 4. The van der Waals surface area contributed by atoms with Crippen LogP contribution in [0, 0.1) is 93.1 Å². The third kappa shape index (κ3) is 10.6. The minimum atomic E-state index is -7.11. The van der Waals surface area contributed by atoms with Crippen molar-refractivity contribution in [3.8, 4) is 44.5 Å². The molecule has 21 heteroatoms. The average Bonchev–Trinajstić information content (AvgIpc) is 1.15. The molecule has 0 aliphatic carbocycles. The largest absolute Gasteiger partial charge is 0.294 e. The predicted octanol–water partition coefficient (Wildman–Crippen LogP) is 15.9. The van der Waals surface area contributed by atoms with Crippen LogP contribution in [0.4, 0.5) is 70.2 Å². The Bertz CT molecular complexity index is 3380. The van der Waals surface area contributed by atoms with Crippen LogP contribution in [0.2, 0.25) is 0 Å². The van der Waals surface area contributed by atoms with E-state index in [0.29, 0.717) is 48.5 Å². The smallest absolute Gasteiger partial charge is 0.166 e. The van der Waals surface area contributed by atoms with Crippen LogP contribution in [0.15, 0.2) is 97.1 Å². The van der Waals surface area contributed by atoms with Gasteiger partial charge in [-0.05, 0) is 47.9 Å². The van der Waals surface area contributed by atoms with Crippen LogP contribution < -0.4 is 21.9 Å². The van der Waals surface area contributed by atoms with Crippen LogP contribution in [-0.4, -0.2) is 29.3 Å². The highest BCUT2D eigenvalue weighted by Gasteiger charge is 2.52. The van der Waals surface area contributed by atoms with Gasteiger partial charge in [0, 0.05) is 47.9 Å². The minimum absolute atomic E-state index is 0.0882. The molecule has 0 atom stereocenters. The summed E-state index contributed by atoms with van der Waals surface area (Å²) < 4.78 is 282. The summed E-state index contributed by atoms with van der Waals surface area (Å²) in [7, 11) is 0. The first-order valence-corrected chi connectivity index (χ1v) is 26.5. The van der Waals surface area contributed by atoms with Gasteiger partial charge in [-0.2, -0.15) is 0 Å². The van der Waals surface area contributed by atoms with E-state index in [0.717, 1.165) is 48.5 Å². The van der Waals surface area contributed by atoms with E-state index in [2.05, 4.69) is 0 Å². The molecule has 0 aliphatic rings. The van der Waals surface area contributed by atoms with Crippen molar-refractivity contribution in [1.29, 1.82) is 0 Å². The lowest BCUT2D eigenvalue weighted by Crippen LogP contribution is -2.81. The second-order valence-electron chi connectivity index (χ2n) is 20.0. The van der Waals surface area contributed by atoms with Gasteiger partial charge in [-0.25, -0.2) is 70.2 Å². The molecule has 0 bridgehead atoms. The molecule has 0 N–H and O–H groups in total. The zero-order valence-corrected chi connectivity index (χ0v) is 45.2. The molecule has 0 heterocycles. The Hall–Kier alpha value is -8.62. The molecule has 8 aromatic carbocycles. The standard InChI is InChI=1S/C64H44BF16O4/c1-5-9-37(82)29-13-21-33(22-14-29)41-49(66)57(74)45(58(75)50(41)67)65(46-59(76)51(68)42(52(69)60(46)77)34-23-15-30(16-24-34)38(83)10-6-2,47-61(78)53(70)43(54(71)62(47)79)35-25-17-31(18-26-35)39(84)11-7-3)48-63(80)55(72)44(56(73)64(48)81)36-27-19-32(20-28-36)40(85)12-8-4/h13-28H,5-12H2,1-4H3/q-1. The first kappa shape index (κ1) is 62.4. The highest BCUT2D eigenvalue weighted by Crippen LogP contribution is 2.39. The SMILES string of the molecule is CCCC(=O)c1ccc(-c2c(F)c(F)c([B-](c3c(F)c(F)c(-c4ccc(C(=O)CCC)cc4)c(F)c3F)(c3c(F)c(F)c(-c4ccc(C(=O)CCC)cc4)c(F)c3F)c3c(F)c(F)c(-c4ccc(C(=O)CCC)cc4)c(F)c3F)c(F)c2F)cc1. The number of halogens is 16. The maximum atomic E-state index is 17.9. The first-order chi connectivity index (χ1) is 40.4. The maximum absolute atomic E-state index is 17.9. The van der Waals surface area contributed by atoms with Crippen molar-refractivity contribution in [3.63, 3.8) is 0 Å². The zero-order valence-electron chi connectivity index (χ0n) is 45.2. The van der Waals surface area contributed by atoms with Crippen LogP contribution in [-0.2, 0) is 0 Å². The Morgan fingerprint density at radius 1 is 0.247 bits per heavy atom. The van der Waals surface area contributed by atoms with Crippen molar-refractivity contribution in [2.45, 2.75) is 79.1 Å². The molecule has 8 rings (SSSR count). The second kappa shape index (κ2) is 24.9. The third-order valence-corrected chi connectivity index (χ3v) is 14.8. The van der Waals surface area contributed by atoms with Crippen molar-refractivity contribution >= 4 is 51.1 Å². The van der Waals surface area contributed by atoms with E-state index in [1.807, 2.05) is 0 Å². The van der Waals surface area contributed by atoms with Crippen molar-refractivity contribution < 1.29 is 89.4 Å². The Labute approximate surface area is 475 Å². The lowest BCUT2D eigenvalue weighted by molar-refractivity contribution is 0.0973. The van der Waals surface area contributed by atoms with E-state index in [1.165, 1.54) is 0 Å². The van der Waals surface area contributed by atoms with Gasteiger partial charge in [0.25, 0.3) is 0 Å². The second-order valence-corrected chi connectivity index (χ2v) is 20.0. The lowest BCUT2D eigenvalue weighted by atomic mass is 9.12. The molecule has 0 saturated heterocycles. The summed E-state index contributed by atoms with van der Waals surface area (Å²) in [5.41, 5.74) is -24.7. The Kier molecular flexibility index (Phi) is 18.3. The molecule has 0 unspecified atom stereocenters. The number of benzene rings is 8. The topological polar surface area (TPSA) is 68.3 Å². The van der Waals surface area contributed by atoms with Gasteiger partial charge in [-0.1, -0.05) is 125 Å². The summed E-state index contributed by atoms with van der Waals surface area (Å²) >= 11 is 0. The third-order valence-electron chi connectivity index (χ3n) is 14.8. The molecule has 85 heavy (non-hydrogen) atoms. The van der Waals surface area contributed by atoms with Gasteiger partial charge in [0.05, 0.1) is 22.3 Å². The number of Topliss-reactive ketones (excluding diaryl/α,β-unsaturated/α-hetero) is 4. The van der Waals surface area contributed by atoms with Gasteiger partial charge in [-0.3, -0.25) is 19.2 Å². The van der Waals surface area contributed by atoms with E-state index in [4.69, 9.17) is 0 Å². The molecule has 440 valence electrons. The molecule has 0 aromatic heterocycles. The summed E-state index contributed by atoms with van der Waals surface area (Å²) in [5.74, 6) is -51.4. The quantitative estimate of drug-likeness (QED) is 0.0330. The summed E-state index contributed by atoms with van der Waals surface area (Å²) in [6.45, 7) is 6.43. The molecule has 0 aliphatic heterocycles. The van der Waals surface area contributed by atoms with Crippen LogP contribution in [0.3, 0.4) is 0 Å². The molecule has 0 spiro atoms. The van der Waals surface area contributed by atoms with Gasteiger partial charge >= 0.3 is 0 Å². The van der Waals surface area contributed by atoms with Crippen molar-refractivity contribution in [1.82, 2.24) is 0 Å². The molecule has 0 saturated carbocycles. The van der Waals surface area contributed by atoms with Crippen LogP contribution in [0.1, 0.15) is 120 Å². The van der Waals surface area contributed by atoms with E-state index in [9.17, 15) is 19.2 Å². The molecular formula is C64H44BF16O4-. The zero-order chi connectivity index (χ0) is 62.3. The minimum Gasteiger partial charge on any atom is -0.294 e. The van der Waals surface area contributed by atoms with E-state index < -0.39 is 189 Å². The van der Waals surface area contributed by atoms with E-state index in [1.54, 1.807) is 27.7 Å². The Morgan fingerprint density at radius 3 is 0.518 bits per heavy atom. The normalized spacial score (nSPS) is 11.6. The molecule has 0 radical (unpaired) electrons. The fraction of sp³-hybridized carbons (Fsp3) is 0.188.